The largest absolute Gasteiger partial charge is 0.497 e. The monoisotopic (exact) mass is 519 g/mol. The molecule has 0 aromatic heterocycles. The van der Waals surface area contributed by atoms with Crippen LogP contribution in [0, 0.1) is 0 Å². The molecule has 12 heteroatoms. The lowest BCUT2D eigenvalue weighted by Crippen LogP contribution is -2.27. The van der Waals surface area contributed by atoms with Crippen molar-refractivity contribution in [3.05, 3.63) is 72.3 Å². The van der Waals surface area contributed by atoms with E-state index in [0.29, 0.717) is 17.2 Å². The van der Waals surface area contributed by atoms with Crippen LogP contribution in [0.3, 0.4) is 0 Å². The molecular formula is C23H25N3O7S2. The third-order valence-electron chi connectivity index (χ3n) is 5.06. The van der Waals surface area contributed by atoms with E-state index in [1.54, 1.807) is 24.3 Å². The Bertz CT molecular complexity index is 1440. The van der Waals surface area contributed by atoms with Crippen LogP contribution >= 0.6 is 0 Å². The summed E-state index contributed by atoms with van der Waals surface area (Å²) in [5.74, 6) is 0.213. The number of hydrogen-bond donors (Lipinski definition) is 2. The van der Waals surface area contributed by atoms with E-state index in [0.717, 1.165) is 10.6 Å². The van der Waals surface area contributed by atoms with Gasteiger partial charge in [0, 0.05) is 18.8 Å². The highest BCUT2D eigenvalue weighted by Gasteiger charge is 2.21. The lowest BCUT2D eigenvalue weighted by molar-refractivity contribution is 0.102. The summed E-state index contributed by atoms with van der Waals surface area (Å²) in [6.07, 6.45) is 1.04. The van der Waals surface area contributed by atoms with Gasteiger partial charge in [0.15, 0.2) is 0 Å². The number of amides is 1. The zero-order chi connectivity index (χ0) is 25.8. The molecule has 0 atom stereocenters. The number of carbonyl (C=O) groups excluding carboxylic acids is 1. The minimum Gasteiger partial charge on any atom is -0.497 e. The van der Waals surface area contributed by atoms with Gasteiger partial charge in [-0.2, -0.15) is 0 Å². The maximum Gasteiger partial charge on any atom is 0.262 e. The molecule has 3 aromatic carbocycles. The predicted octanol–water partition coefficient (Wildman–Crippen LogP) is 3.15. The van der Waals surface area contributed by atoms with Crippen LogP contribution in [0.15, 0.2) is 71.6 Å². The van der Waals surface area contributed by atoms with Crippen molar-refractivity contribution in [2.45, 2.75) is 4.90 Å². The molecule has 0 aliphatic carbocycles. The highest BCUT2D eigenvalue weighted by molar-refractivity contribution is 7.92. The Balaban J connectivity index is 1.81. The van der Waals surface area contributed by atoms with Crippen LogP contribution in [0.25, 0.3) is 0 Å². The molecule has 0 aliphatic rings. The highest BCUT2D eigenvalue weighted by atomic mass is 32.2. The second kappa shape index (κ2) is 10.2. The molecule has 0 fully saturated rings. The zero-order valence-electron chi connectivity index (χ0n) is 19.5. The fourth-order valence-electron chi connectivity index (χ4n) is 3.13. The normalized spacial score (nSPS) is 11.4. The number of carbonyl (C=O) groups is 1. The summed E-state index contributed by atoms with van der Waals surface area (Å²) in [4.78, 5) is 12.8. The second-order valence-corrected chi connectivity index (χ2v) is 11.1. The molecule has 0 heterocycles. The average molecular weight is 520 g/mol. The molecule has 0 bridgehead atoms. The molecule has 0 saturated carbocycles. The van der Waals surface area contributed by atoms with Gasteiger partial charge in [-0.15, -0.1) is 0 Å². The number of ether oxygens (including phenoxy) is 2. The Hall–Kier alpha value is -3.77. The minimum absolute atomic E-state index is 0.0439. The molecule has 0 saturated heterocycles. The summed E-state index contributed by atoms with van der Waals surface area (Å²) in [5.41, 5.74) is 0.882. The Morgan fingerprint density at radius 3 is 2.14 bits per heavy atom. The van der Waals surface area contributed by atoms with Crippen molar-refractivity contribution in [2.75, 3.05) is 41.9 Å². The van der Waals surface area contributed by atoms with Crippen molar-refractivity contribution in [1.82, 2.24) is 0 Å². The van der Waals surface area contributed by atoms with Crippen LogP contribution in [0.1, 0.15) is 10.4 Å². The summed E-state index contributed by atoms with van der Waals surface area (Å²) in [6, 6.07) is 16.5. The van der Waals surface area contributed by atoms with Gasteiger partial charge in [0.1, 0.15) is 11.5 Å². The number of methoxy groups -OCH3 is 2. The van der Waals surface area contributed by atoms with Crippen molar-refractivity contribution >= 4 is 43.0 Å². The Kier molecular flexibility index (Phi) is 7.56. The van der Waals surface area contributed by atoms with E-state index in [9.17, 15) is 21.6 Å². The van der Waals surface area contributed by atoms with E-state index in [1.165, 1.54) is 63.7 Å². The maximum absolute atomic E-state index is 12.9. The zero-order valence-corrected chi connectivity index (χ0v) is 21.1. The molecule has 0 unspecified atom stereocenters. The van der Waals surface area contributed by atoms with E-state index < -0.39 is 26.0 Å². The van der Waals surface area contributed by atoms with Crippen molar-refractivity contribution in [3.63, 3.8) is 0 Å². The number of nitrogens with one attached hydrogen (secondary N) is 2. The summed E-state index contributed by atoms with van der Waals surface area (Å²) >= 11 is 0. The van der Waals surface area contributed by atoms with E-state index in [1.807, 2.05) is 0 Å². The molecule has 10 nitrogen and oxygen atoms in total. The fraction of sp³-hybridized carbons (Fsp3) is 0.174. The van der Waals surface area contributed by atoms with Crippen LogP contribution in [0.2, 0.25) is 0 Å². The standard InChI is InChI=1S/C23H25N3O7S2/c1-26(34(4,28)29)21-8-6-5-7-19(21)23(27)24-16-9-12-18(13-10-16)35(30,31)25-20-15-17(32-2)11-14-22(20)33-3/h5-15,25H,1-4H3,(H,24,27). The van der Waals surface area contributed by atoms with Gasteiger partial charge < -0.3 is 14.8 Å². The quantitative estimate of drug-likeness (QED) is 0.444. The summed E-state index contributed by atoms with van der Waals surface area (Å²) in [6.45, 7) is 0. The molecule has 0 spiro atoms. The van der Waals surface area contributed by atoms with Crippen molar-refractivity contribution in [3.8, 4) is 11.5 Å². The smallest absolute Gasteiger partial charge is 0.262 e. The number of benzene rings is 3. The lowest BCUT2D eigenvalue weighted by atomic mass is 10.1. The van der Waals surface area contributed by atoms with E-state index in [-0.39, 0.29) is 21.8 Å². The molecule has 3 aromatic rings. The van der Waals surface area contributed by atoms with Gasteiger partial charge >= 0.3 is 0 Å². The van der Waals surface area contributed by atoms with Crippen molar-refractivity contribution in [1.29, 1.82) is 0 Å². The van der Waals surface area contributed by atoms with Gasteiger partial charge in [-0.1, -0.05) is 12.1 Å². The second-order valence-electron chi connectivity index (χ2n) is 7.40. The summed E-state index contributed by atoms with van der Waals surface area (Å²) < 4.78 is 63.4. The van der Waals surface area contributed by atoms with Crippen molar-refractivity contribution in [2.24, 2.45) is 0 Å². The molecule has 2 N–H and O–H groups in total. The first-order chi connectivity index (χ1) is 16.5. The topological polar surface area (TPSA) is 131 Å². The minimum atomic E-state index is -3.97. The molecule has 1 amide bonds. The molecule has 0 aliphatic heterocycles. The maximum atomic E-state index is 12.9. The van der Waals surface area contributed by atoms with Gasteiger partial charge in [0.25, 0.3) is 15.9 Å². The van der Waals surface area contributed by atoms with Crippen LogP contribution in [-0.4, -0.2) is 50.3 Å². The van der Waals surface area contributed by atoms with Gasteiger partial charge in [-0.3, -0.25) is 13.8 Å². The van der Waals surface area contributed by atoms with Crippen LogP contribution < -0.4 is 23.8 Å². The Labute approximate surface area is 204 Å². The van der Waals surface area contributed by atoms with Crippen LogP contribution in [0.4, 0.5) is 17.1 Å². The number of rotatable bonds is 9. The third kappa shape index (κ3) is 6.03. The molecule has 186 valence electrons. The van der Waals surface area contributed by atoms with Crippen LogP contribution in [-0.2, 0) is 20.0 Å². The van der Waals surface area contributed by atoms with E-state index in [4.69, 9.17) is 9.47 Å². The highest BCUT2D eigenvalue weighted by Crippen LogP contribution is 2.31. The average Bonchev–Trinajstić information content (AvgIpc) is 2.83. The van der Waals surface area contributed by atoms with Gasteiger partial charge in [0.05, 0.1) is 42.3 Å². The number of hydrogen-bond acceptors (Lipinski definition) is 7. The number of sulfonamides is 2. The molecule has 0 radical (unpaired) electrons. The number of nitrogens with zero attached hydrogens (tertiary/aromatic N) is 1. The van der Waals surface area contributed by atoms with Crippen LogP contribution in [0.5, 0.6) is 11.5 Å². The SMILES string of the molecule is COc1ccc(OC)c(NS(=O)(=O)c2ccc(NC(=O)c3ccccc3N(C)S(C)(=O)=O)cc2)c1. The molecule has 3 rings (SSSR count). The van der Waals surface area contributed by atoms with E-state index in [2.05, 4.69) is 10.0 Å². The number of para-hydroxylation sites is 1. The predicted molar refractivity (Wildman–Crippen MR) is 134 cm³/mol. The van der Waals surface area contributed by atoms with E-state index >= 15 is 0 Å². The van der Waals surface area contributed by atoms with Crippen molar-refractivity contribution < 1.29 is 31.1 Å². The molecular weight excluding hydrogens is 494 g/mol. The molecule has 35 heavy (non-hydrogen) atoms. The number of anilines is 3. The Morgan fingerprint density at radius 1 is 0.886 bits per heavy atom. The lowest BCUT2D eigenvalue weighted by Gasteiger charge is -2.19. The Morgan fingerprint density at radius 2 is 1.54 bits per heavy atom. The first-order valence-electron chi connectivity index (χ1n) is 10.2. The summed E-state index contributed by atoms with van der Waals surface area (Å²) in [5, 5.41) is 2.65. The first kappa shape index (κ1) is 25.8. The van der Waals surface area contributed by atoms with Gasteiger partial charge in [0.2, 0.25) is 10.0 Å². The first-order valence-corrected chi connectivity index (χ1v) is 13.5. The van der Waals surface area contributed by atoms with Gasteiger partial charge in [-0.05, 0) is 48.5 Å². The summed E-state index contributed by atoms with van der Waals surface area (Å²) in [7, 11) is -3.32. The fourth-order valence-corrected chi connectivity index (χ4v) is 4.71. The third-order valence-corrected chi connectivity index (χ3v) is 7.63. The van der Waals surface area contributed by atoms with Gasteiger partial charge in [-0.25, -0.2) is 16.8 Å².